The van der Waals surface area contributed by atoms with Gasteiger partial charge in [-0.2, -0.15) is 5.10 Å². The van der Waals surface area contributed by atoms with Crippen LogP contribution in [-0.2, 0) is 24.6 Å². The van der Waals surface area contributed by atoms with Crippen molar-refractivity contribution in [3.63, 3.8) is 0 Å². The van der Waals surface area contributed by atoms with E-state index in [2.05, 4.69) is 27.1 Å². The van der Waals surface area contributed by atoms with Crippen LogP contribution in [0.15, 0.2) is 39.6 Å². The second-order valence-electron chi connectivity index (χ2n) is 7.15. The fourth-order valence-corrected chi connectivity index (χ4v) is 5.45. The highest BCUT2D eigenvalue weighted by molar-refractivity contribution is 7.85. The SMILES string of the molecule is C=N/C(=C\n1c(-c2cnn(C)c2)cnc1CNc1cc(C)c(S(=O)N(C)C)s1)CCN. The summed E-state index contributed by atoms with van der Waals surface area (Å²) < 4.78 is 18.7. The zero-order chi connectivity index (χ0) is 22.5. The molecule has 0 bridgehead atoms. The normalized spacial score (nSPS) is 13.0. The first kappa shape index (κ1) is 23.1. The van der Waals surface area contributed by atoms with Crippen LogP contribution in [0, 0.1) is 6.92 Å². The van der Waals surface area contributed by atoms with Crippen LogP contribution in [0.4, 0.5) is 5.00 Å². The van der Waals surface area contributed by atoms with Crippen molar-refractivity contribution in [2.24, 2.45) is 17.8 Å². The molecule has 1 unspecified atom stereocenters. The van der Waals surface area contributed by atoms with Gasteiger partial charge in [-0.05, 0) is 45.9 Å². The van der Waals surface area contributed by atoms with Crippen molar-refractivity contribution in [1.29, 1.82) is 0 Å². The molecule has 3 heterocycles. The highest BCUT2D eigenvalue weighted by atomic mass is 32.2. The molecule has 0 aliphatic rings. The van der Waals surface area contributed by atoms with E-state index >= 15 is 0 Å². The van der Waals surface area contributed by atoms with E-state index in [4.69, 9.17) is 5.73 Å². The Bertz CT molecular complexity index is 1110. The van der Waals surface area contributed by atoms with Gasteiger partial charge in [-0.15, -0.1) is 11.3 Å². The van der Waals surface area contributed by atoms with Crippen molar-refractivity contribution in [2.45, 2.75) is 24.1 Å². The van der Waals surface area contributed by atoms with Gasteiger partial charge in [-0.25, -0.2) is 13.5 Å². The first-order chi connectivity index (χ1) is 14.8. The fraction of sp³-hybridized carbons (Fsp3) is 0.350. The zero-order valence-corrected chi connectivity index (χ0v) is 19.8. The third-order valence-corrected chi connectivity index (χ3v) is 7.51. The maximum Gasteiger partial charge on any atom is 0.137 e. The molecule has 0 amide bonds. The molecular weight excluding hydrogens is 432 g/mol. The molecule has 9 nitrogen and oxygen atoms in total. The maximum atomic E-state index is 12.4. The van der Waals surface area contributed by atoms with Gasteiger partial charge in [0.1, 0.15) is 21.0 Å². The predicted octanol–water partition coefficient (Wildman–Crippen LogP) is 2.70. The highest BCUT2D eigenvalue weighted by Crippen LogP contribution is 2.31. The van der Waals surface area contributed by atoms with E-state index < -0.39 is 11.0 Å². The zero-order valence-electron chi connectivity index (χ0n) is 18.2. The lowest BCUT2D eigenvalue weighted by Gasteiger charge is -2.09. The van der Waals surface area contributed by atoms with Crippen LogP contribution >= 0.6 is 11.3 Å². The Morgan fingerprint density at radius 2 is 2.23 bits per heavy atom. The van der Waals surface area contributed by atoms with Gasteiger partial charge in [0.2, 0.25) is 0 Å². The van der Waals surface area contributed by atoms with Gasteiger partial charge in [0.15, 0.2) is 0 Å². The number of aryl methyl sites for hydroxylation is 2. The number of aromatic nitrogens is 4. The van der Waals surface area contributed by atoms with E-state index in [-0.39, 0.29) is 0 Å². The number of aliphatic imine (C=N–C) groups is 1. The van der Waals surface area contributed by atoms with Gasteiger partial charge in [-0.1, -0.05) is 0 Å². The van der Waals surface area contributed by atoms with Crippen molar-refractivity contribution in [3.05, 3.63) is 41.7 Å². The molecule has 0 aliphatic heterocycles. The molecule has 0 saturated heterocycles. The number of nitrogens with one attached hydrogen (secondary N) is 1. The molecule has 166 valence electrons. The second kappa shape index (κ2) is 10.1. The second-order valence-corrected chi connectivity index (χ2v) is 10.1. The van der Waals surface area contributed by atoms with Crippen LogP contribution in [0.2, 0.25) is 0 Å². The van der Waals surface area contributed by atoms with E-state index in [1.807, 2.05) is 43.2 Å². The average molecular weight is 461 g/mol. The molecule has 11 heteroatoms. The van der Waals surface area contributed by atoms with Crippen LogP contribution in [0.1, 0.15) is 17.8 Å². The van der Waals surface area contributed by atoms with Crippen LogP contribution in [0.5, 0.6) is 0 Å². The summed E-state index contributed by atoms with van der Waals surface area (Å²) in [6.07, 6.45) is 8.09. The summed E-state index contributed by atoms with van der Waals surface area (Å²) in [5.41, 5.74) is 9.35. The molecule has 3 N–H and O–H groups in total. The van der Waals surface area contributed by atoms with Crippen LogP contribution in [0.3, 0.4) is 0 Å². The van der Waals surface area contributed by atoms with E-state index in [0.29, 0.717) is 19.5 Å². The summed E-state index contributed by atoms with van der Waals surface area (Å²) in [7, 11) is 4.32. The number of nitrogens with zero attached hydrogens (tertiary/aromatic N) is 6. The van der Waals surface area contributed by atoms with Gasteiger partial charge in [0, 0.05) is 31.4 Å². The summed E-state index contributed by atoms with van der Waals surface area (Å²) in [6, 6.07) is 2.01. The topological polar surface area (TPSA) is 106 Å². The number of thiophene rings is 1. The van der Waals surface area contributed by atoms with Crippen molar-refractivity contribution >= 4 is 40.2 Å². The van der Waals surface area contributed by atoms with Crippen LogP contribution in [0.25, 0.3) is 17.5 Å². The Morgan fingerprint density at radius 3 is 2.84 bits per heavy atom. The average Bonchev–Trinajstić information content (AvgIpc) is 3.43. The molecule has 0 aromatic carbocycles. The predicted molar refractivity (Wildman–Crippen MR) is 128 cm³/mol. The Hall–Kier alpha value is -2.60. The molecule has 31 heavy (non-hydrogen) atoms. The lowest BCUT2D eigenvalue weighted by molar-refractivity contribution is 0.604. The van der Waals surface area contributed by atoms with Gasteiger partial charge < -0.3 is 11.1 Å². The number of imidazole rings is 1. The third-order valence-electron chi connectivity index (χ3n) is 4.54. The minimum Gasteiger partial charge on any atom is -0.370 e. The molecule has 3 aromatic rings. The molecule has 3 rings (SSSR count). The Morgan fingerprint density at radius 1 is 1.45 bits per heavy atom. The van der Waals surface area contributed by atoms with Crippen molar-refractivity contribution in [3.8, 4) is 11.3 Å². The Kier molecular flexibility index (Phi) is 7.55. The molecule has 0 fully saturated rings. The van der Waals surface area contributed by atoms with Crippen LogP contribution < -0.4 is 11.1 Å². The van der Waals surface area contributed by atoms with Crippen molar-refractivity contribution < 1.29 is 4.21 Å². The smallest absolute Gasteiger partial charge is 0.137 e. The Labute approximate surface area is 188 Å². The van der Waals surface area contributed by atoms with E-state index in [1.54, 1.807) is 29.3 Å². The Balaban J connectivity index is 1.91. The molecule has 1 atom stereocenters. The third kappa shape index (κ3) is 5.37. The summed E-state index contributed by atoms with van der Waals surface area (Å²) in [5, 5.41) is 8.62. The minimum atomic E-state index is -1.17. The van der Waals surface area contributed by atoms with Gasteiger partial charge in [0.25, 0.3) is 0 Å². The summed E-state index contributed by atoms with van der Waals surface area (Å²) in [4.78, 5) is 8.73. The molecule has 0 radical (unpaired) electrons. The number of nitrogens with two attached hydrogens (primary N) is 1. The van der Waals surface area contributed by atoms with Crippen molar-refractivity contribution in [1.82, 2.24) is 23.6 Å². The molecular formula is C20H28N8OS2. The fourth-order valence-electron chi connectivity index (χ4n) is 2.98. The van der Waals surface area contributed by atoms with Gasteiger partial charge in [-0.3, -0.25) is 14.2 Å². The van der Waals surface area contributed by atoms with E-state index in [1.165, 1.54) is 11.3 Å². The van der Waals surface area contributed by atoms with Crippen molar-refractivity contribution in [2.75, 3.05) is 26.0 Å². The van der Waals surface area contributed by atoms with Crippen LogP contribution in [-0.4, -0.2) is 55.2 Å². The summed E-state index contributed by atoms with van der Waals surface area (Å²) in [5.74, 6) is 0.804. The van der Waals surface area contributed by atoms with E-state index in [9.17, 15) is 4.21 Å². The maximum absolute atomic E-state index is 12.4. The lowest BCUT2D eigenvalue weighted by Crippen LogP contribution is -2.14. The number of hydrogen-bond donors (Lipinski definition) is 2. The summed E-state index contributed by atoms with van der Waals surface area (Å²) in [6.45, 7) is 6.60. The number of anilines is 1. The van der Waals surface area contributed by atoms with Gasteiger partial charge in [0.05, 0.1) is 35.3 Å². The molecule has 0 saturated carbocycles. The first-order valence-corrected chi connectivity index (χ1v) is 11.6. The molecule has 0 spiro atoms. The quantitative estimate of drug-likeness (QED) is 0.453. The highest BCUT2D eigenvalue weighted by Gasteiger charge is 2.16. The minimum absolute atomic E-state index is 0.482. The first-order valence-electron chi connectivity index (χ1n) is 9.70. The van der Waals surface area contributed by atoms with Gasteiger partial charge >= 0.3 is 0 Å². The van der Waals surface area contributed by atoms with E-state index in [0.717, 1.165) is 37.6 Å². The number of hydrogen-bond acceptors (Lipinski definition) is 7. The summed E-state index contributed by atoms with van der Waals surface area (Å²) >= 11 is 1.49. The number of rotatable bonds is 10. The lowest BCUT2D eigenvalue weighted by atomic mass is 10.2. The largest absolute Gasteiger partial charge is 0.370 e. The standard InChI is InChI=1S/C20H28N8OS2/c1-14-8-19(30-20(14)31(29)26(3)4)24-11-18-23-10-17(15-9-25-27(5)12-15)28(18)13-16(22-2)6-7-21/h8-10,12-13,24H,2,6-7,11,21H2,1,3-5H3/b16-13-. The monoisotopic (exact) mass is 460 g/mol. The molecule has 0 aliphatic carbocycles. The molecule has 3 aromatic heterocycles.